The first kappa shape index (κ1) is 24.0. The number of methoxy groups -OCH3 is 1. The summed E-state index contributed by atoms with van der Waals surface area (Å²) in [6.45, 7) is 2.56. The molecule has 9 heteroatoms. The third kappa shape index (κ3) is 5.10. The molecule has 0 atom stereocenters. The number of aryl methyl sites for hydroxylation is 1. The van der Waals surface area contributed by atoms with E-state index in [2.05, 4.69) is 20.6 Å². The van der Waals surface area contributed by atoms with Crippen molar-refractivity contribution in [2.45, 2.75) is 57.5 Å². The minimum absolute atomic E-state index is 0.000826. The second kappa shape index (κ2) is 10.1. The SMILES string of the molecule is COc1ccc(-c2ccnc3c(C(=O)NC4CCC(NC(=O)O)CC4)c(C)[nH]c23)c(OCC2CC2)c1. The molecule has 9 nitrogen and oxygen atoms in total. The zero-order valence-electron chi connectivity index (χ0n) is 20.6. The van der Waals surface area contributed by atoms with Gasteiger partial charge in [0.1, 0.15) is 17.0 Å². The van der Waals surface area contributed by atoms with Gasteiger partial charge in [-0.15, -0.1) is 0 Å². The van der Waals surface area contributed by atoms with Crippen LogP contribution in [0.25, 0.3) is 22.2 Å². The molecule has 2 aromatic heterocycles. The lowest BCUT2D eigenvalue weighted by Gasteiger charge is -2.28. The van der Waals surface area contributed by atoms with Crippen LogP contribution in [-0.2, 0) is 0 Å². The van der Waals surface area contributed by atoms with Gasteiger partial charge in [-0.05, 0) is 69.6 Å². The van der Waals surface area contributed by atoms with Gasteiger partial charge in [-0.2, -0.15) is 0 Å². The van der Waals surface area contributed by atoms with Crippen molar-refractivity contribution in [1.82, 2.24) is 20.6 Å². The van der Waals surface area contributed by atoms with Crippen molar-refractivity contribution >= 4 is 23.0 Å². The molecule has 0 radical (unpaired) electrons. The van der Waals surface area contributed by atoms with Gasteiger partial charge < -0.3 is 30.2 Å². The van der Waals surface area contributed by atoms with E-state index in [0.717, 1.165) is 46.7 Å². The molecule has 0 unspecified atom stereocenters. The van der Waals surface area contributed by atoms with Crippen LogP contribution in [0, 0.1) is 12.8 Å². The van der Waals surface area contributed by atoms with E-state index in [-0.39, 0.29) is 18.0 Å². The molecule has 0 aliphatic heterocycles. The molecule has 190 valence electrons. The van der Waals surface area contributed by atoms with Crippen LogP contribution in [0.4, 0.5) is 4.79 Å². The number of aromatic nitrogens is 2. The van der Waals surface area contributed by atoms with E-state index in [0.29, 0.717) is 36.4 Å². The van der Waals surface area contributed by atoms with Crippen LogP contribution in [0.15, 0.2) is 30.5 Å². The first-order valence-electron chi connectivity index (χ1n) is 12.5. The van der Waals surface area contributed by atoms with Gasteiger partial charge in [0.15, 0.2) is 0 Å². The standard InChI is InChI=1S/C27H32N4O5/c1-15-23(26(32)30-17-5-7-18(8-6-17)31-27(33)34)25-24(29-15)21(11-12-28-25)20-10-9-19(35-2)13-22(20)36-14-16-3-4-16/h9-13,16-18,29,31H,3-8,14H2,1-2H3,(H,30,32)(H,33,34). The van der Waals surface area contributed by atoms with Gasteiger partial charge in [0.2, 0.25) is 0 Å². The molecular formula is C27H32N4O5. The summed E-state index contributed by atoms with van der Waals surface area (Å²) >= 11 is 0. The van der Waals surface area contributed by atoms with Crippen LogP contribution in [-0.4, -0.2) is 52.9 Å². The normalized spacial score (nSPS) is 19.6. The molecule has 2 saturated carbocycles. The van der Waals surface area contributed by atoms with E-state index in [4.69, 9.17) is 14.6 Å². The Morgan fingerprint density at radius 2 is 1.78 bits per heavy atom. The molecule has 2 aliphatic rings. The van der Waals surface area contributed by atoms with Gasteiger partial charge in [-0.1, -0.05) is 0 Å². The van der Waals surface area contributed by atoms with Gasteiger partial charge in [0.25, 0.3) is 5.91 Å². The Morgan fingerprint density at radius 1 is 1.06 bits per heavy atom. The highest BCUT2D eigenvalue weighted by molar-refractivity contribution is 6.09. The Bertz CT molecular complexity index is 1270. The molecular weight excluding hydrogens is 460 g/mol. The third-order valence-corrected chi connectivity index (χ3v) is 7.14. The number of nitrogens with zero attached hydrogens (tertiary/aromatic N) is 1. The first-order valence-corrected chi connectivity index (χ1v) is 12.5. The fourth-order valence-corrected chi connectivity index (χ4v) is 4.99. The van der Waals surface area contributed by atoms with Crippen molar-refractivity contribution in [3.8, 4) is 22.6 Å². The highest BCUT2D eigenvalue weighted by Gasteiger charge is 2.27. The van der Waals surface area contributed by atoms with E-state index in [1.165, 1.54) is 12.8 Å². The number of ether oxygens (including phenoxy) is 2. The van der Waals surface area contributed by atoms with Crippen molar-refractivity contribution in [3.63, 3.8) is 0 Å². The fraction of sp³-hybridized carbons (Fsp3) is 0.444. The number of rotatable bonds is 8. The molecule has 4 N–H and O–H groups in total. The summed E-state index contributed by atoms with van der Waals surface area (Å²) in [5.74, 6) is 1.92. The average molecular weight is 493 g/mol. The first-order chi connectivity index (χ1) is 17.4. The van der Waals surface area contributed by atoms with Gasteiger partial charge in [0.05, 0.1) is 24.8 Å². The number of carbonyl (C=O) groups is 2. The number of nitrogens with one attached hydrogen (secondary N) is 3. The maximum atomic E-state index is 13.3. The van der Waals surface area contributed by atoms with Gasteiger partial charge in [0, 0.05) is 41.2 Å². The molecule has 0 bridgehead atoms. The van der Waals surface area contributed by atoms with Gasteiger partial charge in [-0.3, -0.25) is 9.78 Å². The maximum absolute atomic E-state index is 13.3. The predicted molar refractivity (Wildman–Crippen MR) is 136 cm³/mol. The Balaban J connectivity index is 1.40. The van der Waals surface area contributed by atoms with E-state index in [1.54, 1.807) is 13.3 Å². The monoisotopic (exact) mass is 492 g/mol. The summed E-state index contributed by atoms with van der Waals surface area (Å²) in [5.41, 5.74) is 4.52. The second-order valence-corrected chi connectivity index (χ2v) is 9.80. The van der Waals surface area contributed by atoms with Crippen molar-refractivity contribution < 1.29 is 24.2 Å². The molecule has 2 aliphatic carbocycles. The fourth-order valence-electron chi connectivity index (χ4n) is 4.99. The molecule has 0 spiro atoms. The minimum atomic E-state index is -1.00. The highest BCUT2D eigenvalue weighted by atomic mass is 16.5. The molecule has 2 amide bonds. The van der Waals surface area contributed by atoms with Crippen molar-refractivity contribution in [3.05, 3.63) is 41.7 Å². The van der Waals surface area contributed by atoms with E-state index >= 15 is 0 Å². The van der Waals surface area contributed by atoms with Crippen LogP contribution < -0.4 is 20.1 Å². The lowest BCUT2D eigenvalue weighted by Crippen LogP contribution is -2.43. The lowest BCUT2D eigenvalue weighted by atomic mass is 9.91. The number of H-pyrrole nitrogens is 1. The zero-order chi connectivity index (χ0) is 25.2. The molecule has 2 fully saturated rings. The molecule has 5 rings (SSSR count). The summed E-state index contributed by atoms with van der Waals surface area (Å²) in [7, 11) is 1.64. The topological polar surface area (TPSA) is 126 Å². The summed E-state index contributed by atoms with van der Waals surface area (Å²) in [4.78, 5) is 32.2. The minimum Gasteiger partial charge on any atom is -0.497 e. The molecule has 1 aromatic carbocycles. The number of carbonyl (C=O) groups excluding carboxylic acids is 1. The predicted octanol–water partition coefficient (Wildman–Crippen LogP) is 4.64. The number of pyridine rings is 1. The van der Waals surface area contributed by atoms with Crippen LogP contribution >= 0.6 is 0 Å². The van der Waals surface area contributed by atoms with E-state index in [1.807, 2.05) is 31.2 Å². The maximum Gasteiger partial charge on any atom is 0.404 e. The number of amides is 2. The summed E-state index contributed by atoms with van der Waals surface area (Å²) in [5, 5.41) is 14.6. The number of hydrogen-bond acceptors (Lipinski definition) is 5. The number of carboxylic acid groups (broad SMARTS) is 1. The summed E-state index contributed by atoms with van der Waals surface area (Å²) in [6.07, 6.45) is 5.97. The Labute approximate surface area is 209 Å². The number of fused-ring (bicyclic) bond motifs is 1. The summed E-state index contributed by atoms with van der Waals surface area (Å²) < 4.78 is 11.6. The van der Waals surface area contributed by atoms with Crippen LogP contribution in [0.2, 0.25) is 0 Å². The van der Waals surface area contributed by atoms with Crippen LogP contribution in [0.3, 0.4) is 0 Å². The number of aromatic amines is 1. The summed E-state index contributed by atoms with van der Waals surface area (Å²) in [6, 6.07) is 7.67. The third-order valence-electron chi connectivity index (χ3n) is 7.14. The highest BCUT2D eigenvalue weighted by Crippen LogP contribution is 2.39. The average Bonchev–Trinajstić information content (AvgIpc) is 3.63. The molecule has 2 heterocycles. The number of benzene rings is 1. The van der Waals surface area contributed by atoms with Crippen molar-refractivity contribution in [2.75, 3.05) is 13.7 Å². The Kier molecular flexibility index (Phi) is 6.71. The molecule has 0 saturated heterocycles. The van der Waals surface area contributed by atoms with Crippen molar-refractivity contribution in [1.29, 1.82) is 0 Å². The van der Waals surface area contributed by atoms with E-state index in [9.17, 15) is 9.59 Å². The largest absolute Gasteiger partial charge is 0.497 e. The number of hydrogen-bond donors (Lipinski definition) is 4. The van der Waals surface area contributed by atoms with Crippen LogP contribution in [0.5, 0.6) is 11.5 Å². The Hall–Kier alpha value is -3.75. The second-order valence-electron chi connectivity index (χ2n) is 9.80. The molecule has 3 aromatic rings. The van der Waals surface area contributed by atoms with Crippen LogP contribution in [0.1, 0.15) is 54.6 Å². The molecule has 36 heavy (non-hydrogen) atoms. The zero-order valence-corrected chi connectivity index (χ0v) is 20.6. The van der Waals surface area contributed by atoms with E-state index < -0.39 is 6.09 Å². The van der Waals surface area contributed by atoms with Gasteiger partial charge in [-0.25, -0.2) is 4.79 Å². The Morgan fingerprint density at radius 3 is 2.44 bits per heavy atom. The quantitative estimate of drug-likeness (QED) is 0.363. The lowest BCUT2D eigenvalue weighted by molar-refractivity contribution is 0.0924. The van der Waals surface area contributed by atoms with Gasteiger partial charge >= 0.3 is 6.09 Å². The van der Waals surface area contributed by atoms with Crippen molar-refractivity contribution in [2.24, 2.45) is 5.92 Å². The smallest absolute Gasteiger partial charge is 0.404 e.